The van der Waals surface area contributed by atoms with Crippen LogP contribution in [-0.4, -0.2) is 70.0 Å². The number of aliphatic carboxylic acids is 2. The van der Waals surface area contributed by atoms with Crippen molar-refractivity contribution in [1.29, 1.82) is 0 Å². The average Bonchev–Trinajstić information content (AvgIpc) is 2.81. The van der Waals surface area contributed by atoms with Crippen molar-refractivity contribution in [3.63, 3.8) is 0 Å². The van der Waals surface area contributed by atoms with Crippen LogP contribution in [0, 0.1) is 5.82 Å². The van der Waals surface area contributed by atoms with E-state index in [4.69, 9.17) is 30.5 Å². The Morgan fingerprint density at radius 3 is 2.39 bits per heavy atom. The van der Waals surface area contributed by atoms with Gasteiger partial charge in [0.1, 0.15) is 19.5 Å². The molecule has 1 aromatic heterocycles. The molecule has 0 unspecified atom stereocenters. The highest BCUT2D eigenvalue weighted by atomic mass is 19.1. The van der Waals surface area contributed by atoms with Crippen LogP contribution in [0.5, 0.6) is 0 Å². The van der Waals surface area contributed by atoms with E-state index in [1.165, 1.54) is 24.5 Å². The molecule has 0 atom stereocenters. The predicted molar refractivity (Wildman–Crippen MR) is 124 cm³/mol. The molecule has 0 radical (unpaired) electrons. The van der Waals surface area contributed by atoms with Gasteiger partial charge < -0.3 is 36.2 Å². The maximum atomic E-state index is 14.8. The summed E-state index contributed by atoms with van der Waals surface area (Å²) in [5.41, 5.74) is 11.5. The first-order valence-electron chi connectivity index (χ1n) is 11.2. The van der Waals surface area contributed by atoms with E-state index in [-0.39, 0.29) is 17.7 Å². The largest absolute Gasteiger partial charge is 0.478 e. The molecule has 2 aromatic rings. The Labute approximate surface area is 207 Å². The van der Waals surface area contributed by atoms with Gasteiger partial charge in [0.25, 0.3) is 0 Å². The molecular formula is C21H22FN7O7. The van der Waals surface area contributed by atoms with Crippen molar-refractivity contribution in [3.05, 3.63) is 54.1 Å². The van der Waals surface area contributed by atoms with Crippen molar-refractivity contribution in [2.45, 2.75) is 6.61 Å². The van der Waals surface area contributed by atoms with Crippen molar-refractivity contribution in [1.82, 2.24) is 9.97 Å². The number of ether oxygens (including phenoxy) is 1. The molecule has 1 amide bonds. The number of nitrogens with two attached hydrogens (primary N) is 2. The van der Waals surface area contributed by atoms with Gasteiger partial charge in [-0.25, -0.2) is 28.7 Å². The second-order valence-corrected chi connectivity index (χ2v) is 6.76. The molecule has 1 aromatic carbocycles. The number of carbonyl (C=O) groups excluding carboxylic acids is 1. The number of carbonyl (C=O) groups is 3. The lowest BCUT2D eigenvalue weighted by Gasteiger charge is -2.31. The summed E-state index contributed by atoms with van der Waals surface area (Å²) in [5, 5.41) is 19.2. The summed E-state index contributed by atoms with van der Waals surface area (Å²) in [6.45, 7) is 0.281. The number of benzene rings is 1. The molecule has 3 rings (SSSR count). The van der Waals surface area contributed by atoms with Crippen molar-refractivity contribution < 1.29 is 42.7 Å². The van der Waals surface area contributed by atoms with E-state index < -0.39 is 36.8 Å². The summed E-state index contributed by atoms with van der Waals surface area (Å²) in [4.78, 5) is 48.2. The van der Waals surface area contributed by atoms with Crippen molar-refractivity contribution in [2.75, 3.05) is 25.0 Å². The normalized spacial score (nSPS) is 13.6. The number of amides is 1. The Balaban J connectivity index is 0.000000580. The lowest BCUT2D eigenvalue weighted by molar-refractivity contribution is -0.134. The van der Waals surface area contributed by atoms with Gasteiger partial charge in [-0.1, -0.05) is 23.4 Å². The zero-order valence-electron chi connectivity index (χ0n) is 21.4. The number of aliphatic imine (C=N–C) groups is 1. The quantitative estimate of drug-likeness (QED) is 0.177. The van der Waals surface area contributed by atoms with Crippen LogP contribution in [0.4, 0.5) is 15.1 Å². The SMILES string of the molecule is O=C(O)/C=C\C(=O)O.[2H]C([2H])([2H])ON=C1CN(c2ncc(-c3cccc(COC(=O)N=C(N)N)c3F)cn2)C1. The van der Waals surface area contributed by atoms with Gasteiger partial charge in [-0.05, 0) is 0 Å². The maximum absolute atomic E-state index is 14.8. The molecule has 6 N–H and O–H groups in total. The second kappa shape index (κ2) is 13.0. The van der Waals surface area contributed by atoms with Gasteiger partial charge in [-0.3, -0.25) is 0 Å². The number of nitrogens with zero attached hydrogens (tertiary/aromatic N) is 5. The highest BCUT2D eigenvalue weighted by molar-refractivity contribution is 5.98. The van der Waals surface area contributed by atoms with Crippen LogP contribution in [0.25, 0.3) is 11.1 Å². The Kier molecular flexibility index (Phi) is 8.18. The van der Waals surface area contributed by atoms with Crippen LogP contribution >= 0.6 is 0 Å². The summed E-state index contributed by atoms with van der Waals surface area (Å²) in [5.74, 6) is -3.20. The van der Waals surface area contributed by atoms with E-state index in [1.807, 2.05) is 0 Å². The third-order valence-corrected chi connectivity index (χ3v) is 4.17. The van der Waals surface area contributed by atoms with E-state index in [2.05, 4.69) is 25.0 Å². The van der Waals surface area contributed by atoms with E-state index in [0.717, 1.165) is 0 Å². The highest BCUT2D eigenvalue weighted by Crippen LogP contribution is 2.26. The highest BCUT2D eigenvalue weighted by Gasteiger charge is 2.25. The smallest absolute Gasteiger partial charge is 0.437 e. The molecule has 36 heavy (non-hydrogen) atoms. The zero-order chi connectivity index (χ0) is 29.2. The van der Waals surface area contributed by atoms with Crippen LogP contribution < -0.4 is 16.4 Å². The van der Waals surface area contributed by atoms with Gasteiger partial charge in [0.15, 0.2) is 5.96 Å². The van der Waals surface area contributed by atoms with E-state index >= 15 is 0 Å². The van der Waals surface area contributed by atoms with Gasteiger partial charge in [0.05, 0.1) is 22.9 Å². The average molecular weight is 506 g/mol. The monoisotopic (exact) mass is 506 g/mol. The summed E-state index contributed by atoms with van der Waals surface area (Å²) in [6.07, 6.45) is 2.98. The first kappa shape index (κ1) is 22.7. The van der Waals surface area contributed by atoms with Gasteiger partial charge in [-0.2, -0.15) is 0 Å². The third-order valence-electron chi connectivity index (χ3n) is 4.17. The minimum absolute atomic E-state index is 0.124. The van der Waals surface area contributed by atoms with Crippen LogP contribution in [-0.2, 0) is 25.8 Å². The minimum atomic E-state index is -2.59. The van der Waals surface area contributed by atoms with Gasteiger partial charge in [0.2, 0.25) is 5.95 Å². The van der Waals surface area contributed by atoms with Crippen molar-refractivity contribution in [2.24, 2.45) is 21.6 Å². The van der Waals surface area contributed by atoms with Crippen LogP contribution in [0.15, 0.2) is 52.9 Å². The van der Waals surface area contributed by atoms with Gasteiger partial charge in [0, 0.05) is 41.2 Å². The molecule has 0 spiro atoms. The fourth-order valence-electron chi connectivity index (χ4n) is 2.62. The minimum Gasteiger partial charge on any atom is -0.478 e. The predicted octanol–water partition coefficient (Wildman–Crippen LogP) is 0.727. The van der Waals surface area contributed by atoms with E-state index in [1.54, 1.807) is 11.0 Å². The van der Waals surface area contributed by atoms with Crippen LogP contribution in [0.2, 0.25) is 0 Å². The number of hydrogen-bond acceptors (Lipinski definition) is 9. The number of halogens is 1. The number of carboxylic acid groups (broad SMARTS) is 2. The zero-order valence-corrected chi connectivity index (χ0v) is 18.4. The molecule has 15 heteroatoms. The number of carboxylic acids is 2. The van der Waals surface area contributed by atoms with E-state index in [0.29, 0.717) is 42.5 Å². The first-order chi connectivity index (χ1) is 18.2. The van der Waals surface area contributed by atoms with Crippen molar-refractivity contribution >= 4 is 35.7 Å². The molecule has 190 valence electrons. The number of guanidine groups is 1. The first-order valence-corrected chi connectivity index (χ1v) is 9.74. The van der Waals surface area contributed by atoms with E-state index in [9.17, 15) is 18.8 Å². The molecule has 14 nitrogen and oxygen atoms in total. The number of rotatable bonds is 7. The lowest BCUT2D eigenvalue weighted by atomic mass is 10.1. The van der Waals surface area contributed by atoms with Crippen LogP contribution in [0.3, 0.4) is 0 Å². The Hall–Kier alpha value is -5.08. The summed E-state index contributed by atoms with van der Waals surface area (Å²) < 4.78 is 40.5. The molecule has 2 heterocycles. The number of hydrogen-bond donors (Lipinski definition) is 4. The second-order valence-electron chi connectivity index (χ2n) is 6.76. The van der Waals surface area contributed by atoms with Gasteiger partial charge >= 0.3 is 18.0 Å². The molecule has 1 aliphatic heterocycles. The molecule has 1 fully saturated rings. The van der Waals surface area contributed by atoms with Gasteiger partial charge in [-0.15, -0.1) is 4.99 Å². The van der Waals surface area contributed by atoms with Crippen molar-refractivity contribution in [3.8, 4) is 11.1 Å². The fraction of sp³-hybridized carbons (Fsp3) is 0.190. The third kappa shape index (κ3) is 8.36. The topological polar surface area (TPSA) is 216 Å². The standard InChI is InChI=1S/C17H18FN7O3.C4H4O4/c1-27-24-12-7-25(8-12)16-21-5-11(6-22-16)13-4-2-3-10(14(13)18)9-28-17(26)23-15(19)20;5-3(6)1-2-4(7)8/h2-6H,7-9H2,1H3,(H4,19,20,23,26);1-2H,(H,5,6)(H,7,8)/b;2-1-/i1D3;. The summed E-state index contributed by atoms with van der Waals surface area (Å²) >= 11 is 0. The number of oxime groups is 1. The van der Waals surface area contributed by atoms with Crippen LogP contribution in [0.1, 0.15) is 9.68 Å². The molecule has 1 saturated heterocycles. The molecular weight excluding hydrogens is 481 g/mol. The maximum Gasteiger partial charge on any atom is 0.437 e. The summed E-state index contributed by atoms with van der Waals surface area (Å²) in [7, 11) is -2.59. The lowest BCUT2D eigenvalue weighted by Crippen LogP contribution is -2.48. The Morgan fingerprint density at radius 2 is 1.83 bits per heavy atom. The number of aromatic nitrogens is 2. The molecule has 1 aliphatic rings. The fourth-order valence-corrected chi connectivity index (χ4v) is 2.62. The number of anilines is 1. The summed E-state index contributed by atoms with van der Waals surface area (Å²) in [6, 6.07) is 4.59. The Bertz CT molecular complexity index is 1270. The molecule has 0 aliphatic carbocycles. The molecule has 0 saturated carbocycles. The Morgan fingerprint density at radius 1 is 1.19 bits per heavy atom. The molecule has 0 bridgehead atoms.